The Bertz CT molecular complexity index is 423. The second-order valence-corrected chi connectivity index (χ2v) is 4.08. The largest absolute Gasteiger partial charge is 0.494 e. The minimum Gasteiger partial charge on any atom is -0.494 e. The lowest BCUT2D eigenvalue weighted by atomic mass is 10.1. The highest BCUT2D eigenvalue weighted by atomic mass is 16.5. The Morgan fingerprint density at radius 2 is 2.21 bits per heavy atom. The molecular formula is C13H20N2O4. The maximum absolute atomic E-state index is 12.0. The summed E-state index contributed by atoms with van der Waals surface area (Å²) in [6.45, 7) is 0.596. The van der Waals surface area contributed by atoms with Crippen molar-refractivity contribution in [3.8, 4) is 5.75 Å². The van der Waals surface area contributed by atoms with Crippen molar-refractivity contribution in [2.45, 2.75) is 12.5 Å². The number of nitrogen functional groups attached to an aromatic ring is 1. The number of rotatable bonds is 7. The Balaban J connectivity index is 2.57. The molecule has 106 valence electrons. The highest BCUT2D eigenvalue weighted by Gasteiger charge is 2.14. The highest BCUT2D eigenvalue weighted by molar-refractivity contribution is 5.98. The standard InChI is InChI=1S/C13H20N2O4/c1-18-8-9(16)6-7-15-13(17)10-4-3-5-11(14)12(10)19-2/h3-5,9,16H,6-8,14H2,1-2H3,(H,15,17). The van der Waals surface area contributed by atoms with Gasteiger partial charge >= 0.3 is 0 Å². The van der Waals surface area contributed by atoms with Gasteiger partial charge in [0.1, 0.15) is 0 Å². The van der Waals surface area contributed by atoms with E-state index in [1.807, 2.05) is 0 Å². The summed E-state index contributed by atoms with van der Waals surface area (Å²) in [4.78, 5) is 12.0. The summed E-state index contributed by atoms with van der Waals surface area (Å²) in [5, 5.41) is 12.2. The molecule has 0 aromatic heterocycles. The quantitative estimate of drug-likeness (QED) is 0.622. The first-order chi connectivity index (χ1) is 9.10. The minimum atomic E-state index is -0.590. The van der Waals surface area contributed by atoms with E-state index in [1.165, 1.54) is 14.2 Å². The molecule has 1 unspecified atom stereocenters. The van der Waals surface area contributed by atoms with Crippen molar-refractivity contribution in [1.29, 1.82) is 0 Å². The molecule has 1 aromatic rings. The molecule has 19 heavy (non-hydrogen) atoms. The van der Waals surface area contributed by atoms with Crippen LogP contribution in [0.1, 0.15) is 16.8 Å². The van der Waals surface area contributed by atoms with Crippen LogP contribution >= 0.6 is 0 Å². The smallest absolute Gasteiger partial charge is 0.255 e. The van der Waals surface area contributed by atoms with Crippen LogP contribution in [0, 0.1) is 0 Å². The molecule has 0 bridgehead atoms. The fraction of sp³-hybridized carbons (Fsp3) is 0.462. The molecule has 0 aliphatic carbocycles. The third-order valence-electron chi connectivity index (χ3n) is 2.62. The number of carbonyl (C=O) groups excluding carboxylic acids is 1. The monoisotopic (exact) mass is 268 g/mol. The van der Waals surface area contributed by atoms with Gasteiger partial charge in [-0.3, -0.25) is 4.79 Å². The van der Waals surface area contributed by atoms with Gasteiger partial charge in [-0.2, -0.15) is 0 Å². The number of nitrogens with two attached hydrogens (primary N) is 1. The van der Waals surface area contributed by atoms with Crippen molar-refractivity contribution in [1.82, 2.24) is 5.32 Å². The number of amides is 1. The first-order valence-electron chi connectivity index (χ1n) is 5.97. The molecule has 0 spiro atoms. The first-order valence-corrected chi connectivity index (χ1v) is 5.97. The van der Waals surface area contributed by atoms with Crippen LogP contribution in [0.25, 0.3) is 0 Å². The topological polar surface area (TPSA) is 93.8 Å². The van der Waals surface area contributed by atoms with Crippen LogP contribution in [0.4, 0.5) is 5.69 Å². The van der Waals surface area contributed by atoms with Gasteiger partial charge in [-0.1, -0.05) is 6.07 Å². The van der Waals surface area contributed by atoms with Crippen molar-refractivity contribution in [2.24, 2.45) is 0 Å². The maximum atomic E-state index is 12.0. The summed E-state index contributed by atoms with van der Waals surface area (Å²) in [7, 11) is 2.98. The summed E-state index contributed by atoms with van der Waals surface area (Å²) >= 11 is 0. The van der Waals surface area contributed by atoms with Gasteiger partial charge in [-0.15, -0.1) is 0 Å². The third-order valence-corrected chi connectivity index (χ3v) is 2.62. The molecule has 0 radical (unpaired) electrons. The van der Waals surface area contributed by atoms with Crippen molar-refractivity contribution in [2.75, 3.05) is 33.1 Å². The Hall–Kier alpha value is -1.79. The minimum absolute atomic E-state index is 0.247. The molecule has 6 heteroatoms. The zero-order chi connectivity index (χ0) is 14.3. The Kier molecular flexibility index (Phi) is 6.11. The van der Waals surface area contributed by atoms with Crippen molar-refractivity contribution >= 4 is 11.6 Å². The maximum Gasteiger partial charge on any atom is 0.255 e. The van der Waals surface area contributed by atoms with E-state index in [4.69, 9.17) is 15.2 Å². The molecule has 1 atom stereocenters. The van der Waals surface area contributed by atoms with Gasteiger partial charge in [0.05, 0.1) is 31.1 Å². The van der Waals surface area contributed by atoms with Crippen LogP contribution in [-0.2, 0) is 4.74 Å². The van der Waals surface area contributed by atoms with Gasteiger partial charge in [0.25, 0.3) is 5.91 Å². The lowest BCUT2D eigenvalue weighted by molar-refractivity contribution is 0.0587. The number of ether oxygens (including phenoxy) is 2. The first kappa shape index (κ1) is 15.3. The molecule has 4 N–H and O–H groups in total. The van der Waals surface area contributed by atoms with Gasteiger partial charge in [0, 0.05) is 13.7 Å². The zero-order valence-electron chi connectivity index (χ0n) is 11.2. The molecule has 0 fully saturated rings. The lowest BCUT2D eigenvalue weighted by Gasteiger charge is -2.12. The van der Waals surface area contributed by atoms with Gasteiger partial charge in [0.15, 0.2) is 5.75 Å². The van der Waals surface area contributed by atoms with Crippen LogP contribution in [-0.4, -0.2) is 44.5 Å². The van der Waals surface area contributed by atoms with Gasteiger partial charge in [0.2, 0.25) is 0 Å². The molecule has 0 aliphatic heterocycles. The van der Waals surface area contributed by atoms with Crippen LogP contribution in [0.5, 0.6) is 5.75 Å². The van der Waals surface area contributed by atoms with Crippen LogP contribution < -0.4 is 15.8 Å². The summed E-state index contributed by atoms with van der Waals surface area (Å²) in [6, 6.07) is 4.99. The summed E-state index contributed by atoms with van der Waals surface area (Å²) in [5.74, 6) is 0.0752. The Morgan fingerprint density at radius 1 is 1.47 bits per heavy atom. The normalized spacial score (nSPS) is 11.9. The number of nitrogens with one attached hydrogen (secondary N) is 1. The number of anilines is 1. The van der Waals surface area contributed by atoms with E-state index in [0.717, 1.165) is 0 Å². The number of hydrogen-bond donors (Lipinski definition) is 3. The van der Waals surface area contributed by atoms with E-state index in [9.17, 15) is 9.90 Å². The second kappa shape index (κ2) is 7.60. The molecule has 1 rings (SSSR count). The Labute approximate surface area is 112 Å². The summed E-state index contributed by atoms with van der Waals surface area (Å²) < 4.78 is 9.91. The van der Waals surface area contributed by atoms with E-state index in [-0.39, 0.29) is 12.5 Å². The van der Waals surface area contributed by atoms with Crippen LogP contribution in [0.2, 0.25) is 0 Å². The van der Waals surface area contributed by atoms with Gasteiger partial charge < -0.3 is 25.6 Å². The predicted molar refractivity (Wildman–Crippen MR) is 72.2 cm³/mol. The number of aliphatic hydroxyl groups excluding tert-OH is 1. The van der Waals surface area contributed by atoms with E-state index in [0.29, 0.717) is 30.0 Å². The second-order valence-electron chi connectivity index (χ2n) is 4.08. The highest BCUT2D eigenvalue weighted by Crippen LogP contribution is 2.25. The number of methoxy groups -OCH3 is 2. The average molecular weight is 268 g/mol. The van der Waals surface area contributed by atoms with Crippen molar-refractivity contribution in [3.63, 3.8) is 0 Å². The van der Waals surface area contributed by atoms with Crippen LogP contribution in [0.3, 0.4) is 0 Å². The number of para-hydroxylation sites is 1. The number of carbonyl (C=O) groups is 1. The molecule has 0 saturated heterocycles. The number of aliphatic hydroxyl groups is 1. The summed E-state index contributed by atoms with van der Waals surface area (Å²) in [5.41, 5.74) is 6.51. The molecular weight excluding hydrogens is 248 g/mol. The van der Waals surface area contributed by atoms with E-state index >= 15 is 0 Å². The third kappa shape index (κ3) is 4.42. The van der Waals surface area contributed by atoms with E-state index in [2.05, 4.69) is 5.32 Å². The molecule has 6 nitrogen and oxygen atoms in total. The predicted octanol–water partition coefficient (Wildman–Crippen LogP) is 0.405. The SMILES string of the molecule is COCC(O)CCNC(=O)c1cccc(N)c1OC. The fourth-order valence-corrected chi connectivity index (χ4v) is 1.68. The molecule has 0 heterocycles. The molecule has 1 amide bonds. The number of benzene rings is 1. The van der Waals surface area contributed by atoms with Crippen LogP contribution in [0.15, 0.2) is 18.2 Å². The molecule has 0 aliphatic rings. The Morgan fingerprint density at radius 3 is 2.84 bits per heavy atom. The number of hydrogen-bond acceptors (Lipinski definition) is 5. The van der Waals surface area contributed by atoms with Crippen molar-refractivity contribution < 1.29 is 19.4 Å². The zero-order valence-corrected chi connectivity index (χ0v) is 11.2. The van der Waals surface area contributed by atoms with Gasteiger partial charge in [-0.05, 0) is 18.6 Å². The summed E-state index contributed by atoms with van der Waals surface area (Å²) in [6.07, 6.45) is -0.169. The fourth-order valence-electron chi connectivity index (χ4n) is 1.68. The van der Waals surface area contributed by atoms with E-state index in [1.54, 1.807) is 18.2 Å². The van der Waals surface area contributed by atoms with Gasteiger partial charge in [-0.25, -0.2) is 0 Å². The van der Waals surface area contributed by atoms with Crippen molar-refractivity contribution in [3.05, 3.63) is 23.8 Å². The van der Waals surface area contributed by atoms with E-state index < -0.39 is 6.10 Å². The lowest BCUT2D eigenvalue weighted by Crippen LogP contribution is -2.28. The molecule has 0 saturated carbocycles. The average Bonchev–Trinajstić information content (AvgIpc) is 2.38. The molecule has 1 aromatic carbocycles.